The molecule has 4 heteroatoms. The van der Waals surface area contributed by atoms with Crippen molar-refractivity contribution < 1.29 is 14.6 Å². The first-order valence-electron chi connectivity index (χ1n) is 8.20. The molecule has 0 spiro atoms. The maximum Gasteiger partial charge on any atom is 0.230 e. The molecule has 1 aliphatic heterocycles. The van der Waals surface area contributed by atoms with Crippen LogP contribution in [0.1, 0.15) is 45.1 Å². The summed E-state index contributed by atoms with van der Waals surface area (Å²) in [6, 6.07) is 7.12. The summed E-state index contributed by atoms with van der Waals surface area (Å²) in [6.07, 6.45) is 4.66. The Hall–Kier alpha value is -1.55. The summed E-state index contributed by atoms with van der Waals surface area (Å²) >= 11 is 0. The van der Waals surface area contributed by atoms with Gasteiger partial charge in [-0.2, -0.15) is 0 Å². The molecule has 2 N–H and O–H groups in total. The lowest BCUT2D eigenvalue weighted by molar-refractivity contribution is -0.127. The number of ether oxygens (including phenoxy) is 1. The van der Waals surface area contributed by atoms with E-state index >= 15 is 0 Å². The van der Waals surface area contributed by atoms with Gasteiger partial charge in [0.2, 0.25) is 5.91 Å². The average molecular weight is 303 g/mol. The molecule has 0 unspecified atom stereocenters. The van der Waals surface area contributed by atoms with Gasteiger partial charge >= 0.3 is 0 Å². The van der Waals surface area contributed by atoms with E-state index in [9.17, 15) is 9.90 Å². The maximum absolute atomic E-state index is 12.8. The number of fused-ring (bicyclic) bond motifs is 1. The van der Waals surface area contributed by atoms with E-state index in [2.05, 4.69) is 5.32 Å². The second-order valence-corrected chi connectivity index (χ2v) is 7.04. The van der Waals surface area contributed by atoms with Crippen LogP contribution in [0, 0.1) is 5.92 Å². The molecule has 0 aromatic heterocycles. The van der Waals surface area contributed by atoms with Crippen molar-refractivity contribution in [2.75, 3.05) is 6.61 Å². The van der Waals surface area contributed by atoms with Crippen LogP contribution in [-0.2, 0) is 14.9 Å². The SMILES string of the molecule is CC(C)(C(=O)N[C@@H]1CCC[C@@H]2OCC[C@H]21)c1ccc(O)cc1. The van der Waals surface area contributed by atoms with Crippen molar-refractivity contribution in [1.82, 2.24) is 5.32 Å². The third-order valence-corrected chi connectivity index (χ3v) is 5.25. The van der Waals surface area contributed by atoms with Crippen molar-refractivity contribution in [3.8, 4) is 5.75 Å². The number of phenols is 1. The van der Waals surface area contributed by atoms with E-state index in [1.807, 2.05) is 26.0 Å². The van der Waals surface area contributed by atoms with E-state index in [0.717, 1.165) is 37.9 Å². The third-order valence-electron chi connectivity index (χ3n) is 5.25. The van der Waals surface area contributed by atoms with Gasteiger partial charge in [-0.1, -0.05) is 12.1 Å². The number of hydrogen-bond donors (Lipinski definition) is 2. The zero-order chi connectivity index (χ0) is 15.7. The Morgan fingerprint density at radius 1 is 1.23 bits per heavy atom. The minimum atomic E-state index is -0.611. The fourth-order valence-electron chi connectivity index (χ4n) is 3.71. The average Bonchev–Trinajstić information content (AvgIpc) is 2.97. The van der Waals surface area contributed by atoms with Gasteiger partial charge in [-0.15, -0.1) is 0 Å². The molecule has 2 aliphatic rings. The summed E-state index contributed by atoms with van der Waals surface area (Å²) in [5.74, 6) is 0.738. The van der Waals surface area contributed by atoms with Crippen LogP contribution in [0.3, 0.4) is 0 Å². The van der Waals surface area contributed by atoms with Gasteiger partial charge in [0.15, 0.2) is 0 Å². The highest BCUT2D eigenvalue weighted by molar-refractivity contribution is 5.87. The number of hydrogen-bond acceptors (Lipinski definition) is 3. The lowest BCUT2D eigenvalue weighted by Gasteiger charge is -2.35. The minimum absolute atomic E-state index is 0.0516. The van der Waals surface area contributed by atoms with E-state index in [1.54, 1.807) is 12.1 Å². The molecule has 1 aliphatic carbocycles. The Balaban J connectivity index is 1.71. The van der Waals surface area contributed by atoms with E-state index < -0.39 is 5.41 Å². The van der Waals surface area contributed by atoms with E-state index in [1.165, 1.54) is 0 Å². The first-order chi connectivity index (χ1) is 10.5. The van der Waals surface area contributed by atoms with Gasteiger partial charge in [0.1, 0.15) is 5.75 Å². The van der Waals surface area contributed by atoms with Crippen LogP contribution in [0.25, 0.3) is 0 Å². The topological polar surface area (TPSA) is 58.6 Å². The molecule has 3 rings (SSSR count). The van der Waals surface area contributed by atoms with Crippen LogP contribution in [0.2, 0.25) is 0 Å². The number of aromatic hydroxyl groups is 1. The molecule has 22 heavy (non-hydrogen) atoms. The monoisotopic (exact) mass is 303 g/mol. The number of nitrogens with one attached hydrogen (secondary N) is 1. The van der Waals surface area contributed by atoms with Gasteiger partial charge in [0.05, 0.1) is 11.5 Å². The van der Waals surface area contributed by atoms with Crippen LogP contribution in [0.4, 0.5) is 0 Å². The first kappa shape index (κ1) is 15.3. The third kappa shape index (κ3) is 2.84. The molecule has 3 atom stereocenters. The molecule has 120 valence electrons. The molecule has 1 saturated heterocycles. The molecule has 1 heterocycles. The molecule has 1 saturated carbocycles. The molecule has 1 aromatic carbocycles. The van der Waals surface area contributed by atoms with Crippen LogP contribution in [-0.4, -0.2) is 29.8 Å². The van der Waals surface area contributed by atoms with Crippen LogP contribution in [0.5, 0.6) is 5.75 Å². The molecule has 2 fully saturated rings. The molecule has 0 radical (unpaired) electrons. The van der Waals surface area contributed by atoms with Crippen molar-refractivity contribution in [2.24, 2.45) is 5.92 Å². The lowest BCUT2D eigenvalue weighted by atomic mass is 9.79. The highest BCUT2D eigenvalue weighted by atomic mass is 16.5. The maximum atomic E-state index is 12.8. The van der Waals surface area contributed by atoms with Gasteiger partial charge < -0.3 is 15.2 Å². The molecule has 0 bridgehead atoms. The predicted molar refractivity (Wildman–Crippen MR) is 84.8 cm³/mol. The second kappa shape index (κ2) is 5.92. The first-order valence-corrected chi connectivity index (χ1v) is 8.20. The van der Waals surface area contributed by atoms with E-state index in [4.69, 9.17) is 4.74 Å². The summed E-state index contributed by atoms with van der Waals surface area (Å²) in [4.78, 5) is 12.8. The highest BCUT2D eigenvalue weighted by Crippen LogP contribution is 2.35. The zero-order valence-corrected chi connectivity index (χ0v) is 13.3. The van der Waals surface area contributed by atoms with Crippen LogP contribution < -0.4 is 5.32 Å². The molecular formula is C18H25NO3. The van der Waals surface area contributed by atoms with Gasteiger partial charge in [-0.3, -0.25) is 4.79 Å². The fraction of sp³-hybridized carbons (Fsp3) is 0.611. The normalized spacial score (nSPS) is 28.2. The summed E-state index contributed by atoms with van der Waals surface area (Å²) in [5, 5.41) is 12.7. The Labute approximate surface area is 131 Å². The summed E-state index contributed by atoms with van der Waals surface area (Å²) in [6.45, 7) is 4.68. The van der Waals surface area contributed by atoms with Crippen molar-refractivity contribution in [3.05, 3.63) is 29.8 Å². The molecule has 1 amide bonds. The standard InChI is InChI=1S/C18H25NO3/c1-18(2,12-6-8-13(20)9-7-12)17(21)19-15-4-3-5-16-14(15)10-11-22-16/h6-9,14-16,20H,3-5,10-11H2,1-2H3,(H,19,21)/t14-,15+,16-/m0/s1. The van der Waals surface area contributed by atoms with Crippen molar-refractivity contribution in [3.63, 3.8) is 0 Å². The smallest absolute Gasteiger partial charge is 0.230 e. The van der Waals surface area contributed by atoms with E-state index in [0.29, 0.717) is 12.0 Å². The van der Waals surface area contributed by atoms with Crippen molar-refractivity contribution >= 4 is 5.91 Å². The number of carbonyl (C=O) groups is 1. The van der Waals surface area contributed by atoms with Crippen molar-refractivity contribution in [2.45, 2.75) is 57.1 Å². The largest absolute Gasteiger partial charge is 0.508 e. The second-order valence-electron chi connectivity index (χ2n) is 7.04. The predicted octanol–water partition coefficient (Wildman–Crippen LogP) is 2.74. The van der Waals surface area contributed by atoms with Crippen LogP contribution >= 0.6 is 0 Å². The number of carbonyl (C=O) groups excluding carboxylic acids is 1. The summed E-state index contributed by atoms with van der Waals surface area (Å²) < 4.78 is 5.77. The Morgan fingerprint density at radius 2 is 1.95 bits per heavy atom. The van der Waals surface area contributed by atoms with Gasteiger partial charge in [-0.05, 0) is 57.2 Å². The van der Waals surface area contributed by atoms with Crippen molar-refractivity contribution in [1.29, 1.82) is 0 Å². The minimum Gasteiger partial charge on any atom is -0.508 e. The summed E-state index contributed by atoms with van der Waals surface area (Å²) in [7, 11) is 0. The zero-order valence-electron chi connectivity index (χ0n) is 13.3. The van der Waals surface area contributed by atoms with Gasteiger partial charge in [-0.25, -0.2) is 0 Å². The Morgan fingerprint density at radius 3 is 2.68 bits per heavy atom. The number of amides is 1. The number of rotatable bonds is 3. The Kier molecular flexibility index (Phi) is 4.13. The lowest BCUT2D eigenvalue weighted by Crippen LogP contribution is -2.50. The number of phenolic OH excluding ortho intramolecular Hbond substituents is 1. The molecule has 4 nitrogen and oxygen atoms in total. The molecule has 1 aromatic rings. The summed E-state index contributed by atoms with van der Waals surface area (Å²) in [5.41, 5.74) is 0.304. The fourth-order valence-corrected chi connectivity index (χ4v) is 3.71. The molecular weight excluding hydrogens is 278 g/mol. The quantitative estimate of drug-likeness (QED) is 0.902. The van der Waals surface area contributed by atoms with Crippen LogP contribution in [0.15, 0.2) is 24.3 Å². The van der Waals surface area contributed by atoms with E-state index in [-0.39, 0.29) is 17.7 Å². The van der Waals surface area contributed by atoms with Gasteiger partial charge in [0, 0.05) is 18.6 Å². The van der Waals surface area contributed by atoms with Gasteiger partial charge in [0.25, 0.3) is 0 Å². The Bertz CT molecular complexity index is 538. The highest BCUT2D eigenvalue weighted by Gasteiger charge is 2.40. The number of benzene rings is 1.